The Kier molecular flexibility index (Phi) is 6.53. The Morgan fingerprint density at radius 1 is 1.43 bits per heavy atom. The number of nitrogens with one attached hydrogen (secondary N) is 2. The van der Waals surface area contributed by atoms with Gasteiger partial charge in [0.2, 0.25) is 5.91 Å². The second-order valence-corrected chi connectivity index (χ2v) is 7.39. The molecule has 2 fully saturated rings. The van der Waals surface area contributed by atoms with Crippen LogP contribution in [-0.2, 0) is 11.3 Å². The molecule has 4 rings (SSSR count). The molecule has 3 heterocycles. The number of amides is 1. The standard InChI is InChI=1S/C19H25N7O.HI/c1-20-18(25-7-3-6-19(12-25)9-17(27)23-11-19)22-10-15-4-2-5-16(8-15)26-14-21-13-24-26;/h2,4-5,8,13-14H,3,6-7,9-12H2,1H3,(H,20,22)(H,23,27);1H. The quantitative estimate of drug-likeness (QED) is 0.384. The fraction of sp³-hybridized carbons (Fsp3) is 0.474. The highest BCUT2D eigenvalue weighted by atomic mass is 127. The van der Waals surface area contributed by atoms with Crippen LogP contribution in [0.1, 0.15) is 24.8 Å². The van der Waals surface area contributed by atoms with Crippen molar-refractivity contribution in [1.29, 1.82) is 0 Å². The Hall–Kier alpha value is -2.17. The molecule has 150 valence electrons. The number of carbonyl (C=O) groups excluding carboxylic acids is 1. The molecular weight excluding hydrogens is 469 g/mol. The Balaban J connectivity index is 0.00000225. The highest BCUT2D eigenvalue weighted by molar-refractivity contribution is 14.0. The number of nitrogens with zero attached hydrogens (tertiary/aromatic N) is 5. The number of likely N-dealkylation sites (tertiary alicyclic amines) is 1. The molecule has 2 saturated heterocycles. The van der Waals surface area contributed by atoms with E-state index in [1.54, 1.807) is 11.0 Å². The second kappa shape index (κ2) is 8.89. The number of aliphatic imine (C=N–C) groups is 1. The van der Waals surface area contributed by atoms with Crippen molar-refractivity contribution in [2.45, 2.75) is 25.8 Å². The maximum Gasteiger partial charge on any atom is 0.220 e. The first-order valence-corrected chi connectivity index (χ1v) is 9.34. The van der Waals surface area contributed by atoms with E-state index in [0.29, 0.717) is 13.0 Å². The summed E-state index contributed by atoms with van der Waals surface area (Å²) >= 11 is 0. The zero-order valence-electron chi connectivity index (χ0n) is 16.0. The molecule has 2 N–H and O–H groups in total. The number of hydrogen-bond acceptors (Lipinski definition) is 4. The maximum atomic E-state index is 11.7. The molecule has 2 aliphatic heterocycles. The van der Waals surface area contributed by atoms with Gasteiger partial charge in [-0.15, -0.1) is 24.0 Å². The van der Waals surface area contributed by atoms with Gasteiger partial charge in [-0.05, 0) is 30.5 Å². The first kappa shape index (κ1) is 20.6. The predicted octanol–water partition coefficient (Wildman–Crippen LogP) is 1.56. The SMILES string of the molecule is CN=C(NCc1cccc(-n2cncn2)c1)N1CCCC2(CNC(=O)C2)C1.I. The molecule has 2 aliphatic rings. The summed E-state index contributed by atoms with van der Waals surface area (Å²) in [7, 11) is 1.81. The number of carbonyl (C=O) groups is 1. The van der Waals surface area contributed by atoms with Gasteiger partial charge in [0.1, 0.15) is 12.7 Å². The Bertz CT molecular complexity index is 839. The van der Waals surface area contributed by atoms with Crippen LogP contribution in [0.25, 0.3) is 5.69 Å². The van der Waals surface area contributed by atoms with Gasteiger partial charge in [-0.1, -0.05) is 12.1 Å². The van der Waals surface area contributed by atoms with Gasteiger partial charge in [0.05, 0.1) is 5.69 Å². The van der Waals surface area contributed by atoms with Crippen LogP contribution >= 0.6 is 24.0 Å². The number of rotatable bonds is 3. The van der Waals surface area contributed by atoms with Crippen LogP contribution in [0.3, 0.4) is 0 Å². The zero-order chi connectivity index (χ0) is 18.7. The molecule has 0 saturated carbocycles. The van der Waals surface area contributed by atoms with Crippen molar-refractivity contribution in [2.75, 3.05) is 26.7 Å². The van der Waals surface area contributed by atoms with Crippen molar-refractivity contribution >= 4 is 35.8 Å². The van der Waals surface area contributed by atoms with E-state index in [2.05, 4.69) is 42.7 Å². The van der Waals surface area contributed by atoms with Gasteiger partial charge >= 0.3 is 0 Å². The molecule has 8 nitrogen and oxygen atoms in total. The van der Waals surface area contributed by atoms with Crippen molar-refractivity contribution in [1.82, 2.24) is 30.3 Å². The minimum atomic E-state index is 0. The summed E-state index contributed by atoms with van der Waals surface area (Å²) in [6.07, 6.45) is 6.02. The third kappa shape index (κ3) is 4.45. The highest BCUT2D eigenvalue weighted by Gasteiger charge is 2.42. The Morgan fingerprint density at radius 3 is 3.04 bits per heavy atom. The van der Waals surface area contributed by atoms with Crippen LogP contribution in [0.15, 0.2) is 41.9 Å². The summed E-state index contributed by atoms with van der Waals surface area (Å²) in [5.74, 6) is 1.06. The van der Waals surface area contributed by atoms with E-state index in [4.69, 9.17) is 0 Å². The molecule has 0 radical (unpaired) electrons. The number of piperidine rings is 1. The van der Waals surface area contributed by atoms with Crippen LogP contribution in [0, 0.1) is 5.41 Å². The van der Waals surface area contributed by atoms with E-state index >= 15 is 0 Å². The topological polar surface area (TPSA) is 87.4 Å². The molecule has 2 aromatic rings. The van der Waals surface area contributed by atoms with Gasteiger partial charge in [0.15, 0.2) is 5.96 Å². The Morgan fingerprint density at radius 2 is 2.32 bits per heavy atom. The van der Waals surface area contributed by atoms with Gasteiger partial charge in [-0.2, -0.15) is 5.10 Å². The van der Waals surface area contributed by atoms with Crippen LogP contribution < -0.4 is 10.6 Å². The fourth-order valence-corrected chi connectivity index (χ4v) is 4.09. The summed E-state index contributed by atoms with van der Waals surface area (Å²) in [5.41, 5.74) is 2.18. The first-order valence-electron chi connectivity index (χ1n) is 9.34. The molecule has 0 bridgehead atoms. The molecular formula is C19H26IN7O. The van der Waals surface area contributed by atoms with E-state index in [-0.39, 0.29) is 35.3 Å². The summed E-state index contributed by atoms with van der Waals surface area (Å²) in [4.78, 5) is 22.5. The van der Waals surface area contributed by atoms with E-state index in [1.807, 2.05) is 19.2 Å². The van der Waals surface area contributed by atoms with Gasteiger partial charge in [-0.25, -0.2) is 9.67 Å². The maximum absolute atomic E-state index is 11.7. The molecule has 0 aliphatic carbocycles. The van der Waals surface area contributed by atoms with Crippen molar-refractivity contribution in [3.8, 4) is 5.69 Å². The third-order valence-electron chi connectivity index (χ3n) is 5.41. The zero-order valence-corrected chi connectivity index (χ0v) is 18.3. The number of hydrogen-bond donors (Lipinski definition) is 2. The van der Waals surface area contributed by atoms with Crippen LogP contribution in [0.4, 0.5) is 0 Å². The van der Waals surface area contributed by atoms with E-state index in [0.717, 1.165) is 49.7 Å². The molecule has 1 amide bonds. The Labute approximate surface area is 181 Å². The lowest BCUT2D eigenvalue weighted by molar-refractivity contribution is -0.119. The fourth-order valence-electron chi connectivity index (χ4n) is 4.09. The van der Waals surface area contributed by atoms with Crippen molar-refractivity contribution in [3.63, 3.8) is 0 Å². The van der Waals surface area contributed by atoms with Gasteiger partial charge in [0, 0.05) is 45.1 Å². The number of guanidine groups is 1. The van der Waals surface area contributed by atoms with Gasteiger partial charge in [-0.3, -0.25) is 9.79 Å². The highest BCUT2D eigenvalue weighted by Crippen LogP contribution is 2.36. The van der Waals surface area contributed by atoms with Crippen molar-refractivity contribution < 1.29 is 4.79 Å². The van der Waals surface area contributed by atoms with Crippen LogP contribution in [0.2, 0.25) is 0 Å². The number of aromatic nitrogens is 3. The van der Waals surface area contributed by atoms with Crippen LogP contribution in [-0.4, -0.2) is 58.2 Å². The largest absolute Gasteiger partial charge is 0.355 e. The average molecular weight is 495 g/mol. The summed E-state index contributed by atoms with van der Waals surface area (Å²) < 4.78 is 1.75. The summed E-state index contributed by atoms with van der Waals surface area (Å²) in [6, 6.07) is 8.19. The number of halogens is 1. The van der Waals surface area contributed by atoms with Crippen molar-refractivity contribution in [2.24, 2.45) is 10.4 Å². The van der Waals surface area contributed by atoms with E-state index < -0.39 is 0 Å². The van der Waals surface area contributed by atoms with E-state index in [1.165, 1.54) is 6.33 Å². The summed E-state index contributed by atoms with van der Waals surface area (Å²) in [6.45, 7) is 3.29. The van der Waals surface area contributed by atoms with Crippen LogP contribution in [0.5, 0.6) is 0 Å². The van der Waals surface area contributed by atoms with Crippen molar-refractivity contribution in [3.05, 3.63) is 42.5 Å². The number of benzene rings is 1. The predicted molar refractivity (Wildman–Crippen MR) is 118 cm³/mol. The molecule has 1 unspecified atom stereocenters. The van der Waals surface area contributed by atoms with E-state index in [9.17, 15) is 4.79 Å². The van der Waals surface area contributed by atoms with Gasteiger partial charge in [0.25, 0.3) is 0 Å². The van der Waals surface area contributed by atoms with Gasteiger partial charge < -0.3 is 15.5 Å². The lowest BCUT2D eigenvalue weighted by Gasteiger charge is -2.40. The molecule has 9 heteroatoms. The minimum absolute atomic E-state index is 0. The third-order valence-corrected chi connectivity index (χ3v) is 5.41. The molecule has 1 spiro atoms. The molecule has 1 aromatic carbocycles. The second-order valence-electron chi connectivity index (χ2n) is 7.39. The lowest BCUT2D eigenvalue weighted by Crippen LogP contribution is -2.51. The monoisotopic (exact) mass is 495 g/mol. The summed E-state index contributed by atoms with van der Waals surface area (Å²) in [5, 5.41) is 10.6. The molecule has 1 aromatic heterocycles. The normalized spacial score (nSPS) is 22.1. The average Bonchev–Trinajstić information content (AvgIpc) is 3.33. The molecule has 28 heavy (non-hydrogen) atoms. The first-order chi connectivity index (χ1) is 13.2. The molecule has 1 atom stereocenters. The minimum Gasteiger partial charge on any atom is -0.355 e. The lowest BCUT2D eigenvalue weighted by atomic mass is 9.79. The smallest absolute Gasteiger partial charge is 0.220 e.